The standard InChI is InChI=1S/C15H20FN3O3/c1-18(10-13(20)19-8-6-17-7-9-19)15(21)14-11(16)4-3-5-12(14)22-2/h3-5,17H,6-10H2,1-2H3. The molecule has 0 saturated carbocycles. The topological polar surface area (TPSA) is 61.9 Å². The zero-order chi connectivity index (χ0) is 16.1. The number of carbonyl (C=O) groups excluding carboxylic acids is 2. The third-order valence-corrected chi connectivity index (χ3v) is 3.60. The van der Waals surface area contributed by atoms with Crippen molar-refractivity contribution in [2.75, 3.05) is 46.9 Å². The Bertz CT molecular complexity index is 559. The molecular formula is C15H20FN3O3. The van der Waals surface area contributed by atoms with E-state index in [-0.39, 0.29) is 23.8 Å². The van der Waals surface area contributed by atoms with Crippen molar-refractivity contribution >= 4 is 11.8 Å². The van der Waals surface area contributed by atoms with Gasteiger partial charge in [0, 0.05) is 33.2 Å². The van der Waals surface area contributed by atoms with Gasteiger partial charge in [0.05, 0.1) is 13.7 Å². The summed E-state index contributed by atoms with van der Waals surface area (Å²) in [5.41, 5.74) is -0.152. The number of benzene rings is 1. The van der Waals surface area contributed by atoms with E-state index in [1.54, 1.807) is 4.90 Å². The summed E-state index contributed by atoms with van der Waals surface area (Å²) in [6.45, 7) is 2.62. The first-order valence-electron chi connectivity index (χ1n) is 7.11. The molecule has 0 radical (unpaired) electrons. The molecule has 1 N–H and O–H groups in total. The van der Waals surface area contributed by atoms with Gasteiger partial charge in [0.25, 0.3) is 5.91 Å². The van der Waals surface area contributed by atoms with Crippen LogP contribution in [0.2, 0.25) is 0 Å². The summed E-state index contributed by atoms with van der Waals surface area (Å²) in [7, 11) is 2.85. The number of hydrogen-bond donors (Lipinski definition) is 1. The molecule has 0 atom stereocenters. The molecule has 120 valence electrons. The monoisotopic (exact) mass is 309 g/mol. The summed E-state index contributed by atoms with van der Waals surface area (Å²) in [5.74, 6) is -1.22. The zero-order valence-electron chi connectivity index (χ0n) is 12.8. The Kier molecular flexibility index (Phi) is 5.32. The van der Waals surface area contributed by atoms with E-state index in [0.29, 0.717) is 13.1 Å². The van der Waals surface area contributed by atoms with Gasteiger partial charge >= 0.3 is 0 Å². The van der Waals surface area contributed by atoms with Crippen LogP contribution in [-0.2, 0) is 4.79 Å². The van der Waals surface area contributed by atoms with Crippen molar-refractivity contribution < 1.29 is 18.7 Å². The van der Waals surface area contributed by atoms with Crippen molar-refractivity contribution in [3.05, 3.63) is 29.6 Å². The van der Waals surface area contributed by atoms with Gasteiger partial charge in [0.2, 0.25) is 5.91 Å². The van der Waals surface area contributed by atoms with Crippen molar-refractivity contribution in [1.82, 2.24) is 15.1 Å². The summed E-state index contributed by atoms with van der Waals surface area (Å²) in [6.07, 6.45) is 0. The highest BCUT2D eigenvalue weighted by Gasteiger charge is 2.24. The minimum absolute atomic E-state index is 0.0870. The Labute approximate surface area is 128 Å². The Balaban J connectivity index is 2.07. The minimum Gasteiger partial charge on any atom is -0.496 e. The molecule has 1 aromatic carbocycles. The molecule has 1 aromatic rings. The number of likely N-dealkylation sites (N-methyl/N-ethyl adjacent to an activating group) is 1. The van der Waals surface area contributed by atoms with Crippen LogP contribution in [0.4, 0.5) is 4.39 Å². The average molecular weight is 309 g/mol. The molecule has 1 aliphatic rings. The van der Waals surface area contributed by atoms with Gasteiger partial charge in [-0.15, -0.1) is 0 Å². The molecule has 0 unspecified atom stereocenters. The van der Waals surface area contributed by atoms with E-state index in [0.717, 1.165) is 13.1 Å². The summed E-state index contributed by atoms with van der Waals surface area (Å²) in [6, 6.07) is 4.18. The SMILES string of the molecule is COc1cccc(F)c1C(=O)N(C)CC(=O)N1CCNCC1. The second-order valence-electron chi connectivity index (χ2n) is 5.11. The third-order valence-electron chi connectivity index (χ3n) is 3.60. The van der Waals surface area contributed by atoms with E-state index >= 15 is 0 Å². The molecular weight excluding hydrogens is 289 g/mol. The highest BCUT2D eigenvalue weighted by molar-refractivity contribution is 5.98. The molecule has 1 fully saturated rings. The molecule has 1 saturated heterocycles. The van der Waals surface area contributed by atoms with Crippen molar-refractivity contribution in [1.29, 1.82) is 0 Å². The number of halogens is 1. The quantitative estimate of drug-likeness (QED) is 0.871. The average Bonchev–Trinajstić information content (AvgIpc) is 2.54. The normalized spacial score (nSPS) is 14.6. The molecule has 2 amide bonds. The van der Waals surface area contributed by atoms with Gasteiger partial charge in [-0.1, -0.05) is 6.07 Å². The molecule has 2 rings (SSSR count). The first-order chi connectivity index (χ1) is 10.5. The van der Waals surface area contributed by atoms with Crippen LogP contribution in [0, 0.1) is 5.82 Å². The minimum atomic E-state index is -0.661. The fourth-order valence-corrected chi connectivity index (χ4v) is 2.36. The number of hydrogen-bond acceptors (Lipinski definition) is 4. The van der Waals surface area contributed by atoms with Crippen molar-refractivity contribution in [3.63, 3.8) is 0 Å². The Morgan fingerprint density at radius 3 is 2.68 bits per heavy atom. The molecule has 0 spiro atoms. The highest BCUT2D eigenvalue weighted by atomic mass is 19.1. The summed E-state index contributed by atoms with van der Waals surface area (Å²) < 4.78 is 18.9. The van der Waals surface area contributed by atoms with Crippen LogP contribution < -0.4 is 10.1 Å². The van der Waals surface area contributed by atoms with Gasteiger partial charge in [0.15, 0.2) is 0 Å². The third kappa shape index (κ3) is 3.54. The van der Waals surface area contributed by atoms with E-state index in [1.807, 2.05) is 0 Å². The van der Waals surface area contributed by atoms with Gasteiger partial charge in [-0.3, -0.25) is 9.59 Å². The lowest BCUT2D eigenvalue weighted by Gasteiger charge is -2.29. The molecule has 22 heavy (non-hydrogen) atoms. The summed E-state index contributed by atoms with van der Waals surface area (Å²) in [4.78, 5) is 27.5. The van der Waals surface area contributed by atoms with Crippen LogP contribution in [0.25, 0.3) is 0 Å². The fraction of sp³-hybridized carbons (Fsp3) is 0.467. The van der Waals surface area contributed by atoms with Crippen molar-refractivity contribution in [3.8, 4) is 5.75 Å². The lowest BCUT2D eigenvalue weighted by molar-refractivity contribution is -0.132. The number of amides is 2. The number of methoxy groups -OCH3 is 1. The lowest BCUT2D eigenvalue weighted by Crippen LogP contribution is -2.49. The molecule has 1 aliphatic heterocycles. The van der Waals surface area contributed by atoms with E-state index in [1.165, 1.54) is 37.3 Å². The predicted octanol–water partition coefficient (Wildman–Crippen LogP) is 0.338. The second kappa shape index (κ2) is 7.22. The van der Waals surface area contributed by atoms with Gasteiger partial charge in [0.1, 0.15) is 17.1 Å². The molecule has 0 aromatic heterocycles. The molecule has 0 aliphatic carbocycles. The maximum absolute atomic E-state index is 13.9. The number of ether oxygens (including phenoxy) is 1. The van der Waals surface area contributed by atoms with Gasteiger partial charge < -0.3 is 19.9 Å². The smallest absolute Gasteiger partial charge is 0.260 e. The maximum Gasteiger partial charge on any atom is 0.260 e. The predicted molar refractivity (Wildman–Crippen MR) is 79.4 cm³/mol. The Morgan fingerprint density at radius 1 is 1.36 bits per heavy atom. The van der Waals surface area contributed by atoms with Crippen LogP contribution in [0.3, 0.4) is 0 Å². The first kappa shape index (κ1) is 16.2. The van der Waals surface area contributed by atoms with Gasteiger partial charge in [-0.05, 0) is 12.1 Å². The number of carbonyl (C=O) groups is 2. The van der Waals surface area contributed by atoms with Crippen LogP contribution in [0.15, 0.2) is 18.2 Å². The van der Waals surface area contributed by atoms with Gasteiger partial charge in [-0.2, -0.15) is 0 Å². The van der Waals surface area contributed by atoms with E-state index < -0.39 is 11.7 Å². The molecule has 6 nitrogen and oxygen atoms in total. The number of nitrogens with one attached hydrogen (secondary N) is 1. The number of piperazine rings is 1. The Hall–Kier alpha value is -2.15. The van der Waals surface area contributed by atoms with Crippen LogP contribution in [0.5, 0.6) is 5.75 Å². The lowest BCUT2D eigenvalue weighted by atomic mass is 10.1. The van der Waals surface area contributed by atoms with Crippen molar-refractivity contribution in [2.24, 2.45) is 0 Å². The van der Waals surface area contributed by atoms with Crippen LogP contribution in [0.1, 0.15) is 10.4 Å². The van der Waals surface area contributed by atoms with E-state index in [4.69, 9.17) is 4.74 Å². The number of rotatable bonds is 4. The molecule has 0 bridgehead atoms. The van der Waals surface area contributed by atoms with Crippen LogP contribution >= 0.6 is 0 Å². The van der Waals surface area contributed by atoms with Crippen molar-refractivity contribution in [2.45, 2.75) is 0 Å². The summed E-state index contributed by atoms with van der Waals surface area (Å²) in [5, 5.41) is 3.15. The summed E-state index contributed by atoms with van der Waals surface area (Å²) >= 11 is 0. The number of nitrogens with zero attached hydrogens (tertiary/aromatic N) is 2. The van der Waals surface area contributed by atoms with Crippen LogP contribution in [-0.4, -0.2) is 68.5 Å². The van der Waals surface area contributed by atoms with E-state index in [2.05, 4.69) is 5.32 Å². The second-order valence-corrected chi connectivity index (χ2v) is 5.11. The maximum atomic E-state index is 13.9. The Morgan fingerprint density at radius 2 is 2.05 bits per heavy atom. The highest BCUT2D eigenvalue weighted by Crippen LogP contribution is 2.22. The largest absolute Gasteiger partial charge is 0.496 e. The first-order valence-corrected chi connectivity index (χ1v) is 7.11. The fourth-order valence-electron chi connectivity index (χ4n) is 2.36. The van der Waals surface area contributed by atoms with Gasteiger partial charge in [-0.25, -0.2) is 4.39 Å². The van der Waals surface area contributed by atoms with E-state index in [9.17, 15) is 14.0 Å². The molecule has 7 heteroatoms. The zero-order valence-corrected chi connectivity index (χ0v) is 12.8. The molecule has 1 heterocycles.